The smallest absolute Gasteiger partial charge is 0.136 e. The number of imidazole rings is 1. The summed E-state index contributed by atoms with van der Waals surface area (Å²) in [6.45, 7) is 1.98. The van der Waals surface area contributed by atoms with Crippen LogP contribution in [-0.2, 0) is 0 Å². The lowest BCUT2D eigenvalue weighted by molar-refractivity contribution is 1.18. The zero-order valence-corrected chi connectivity index (χ0v) is 5.70. The van der Waals surface area contributed by atoms with Gasteiger partial charge in [0.1, 0.15) is 5.65 Å². The second-order valence-corrected chi connectivity index (χ2v) is 2.28. The SMILES string of the molecule is Cc1cn2c[c]ccc2n1. The number of aromatic nitrogens is 2. The molecule has 0 bridgehead atoms. The Morgan fingerprint density at radius 3 is 3.30 bits per heavy atom. The summed E-state index contributed by atoms with van der Waals surface area (Å²) in [6.07, 6.45) is 3.85. The average molecular weight is 131 g/mol. The summed E-state index contributed by atoms with van der Waals surface area (Å²) in [6, 6.07) is 6.77. The molecule has 2 rings (SSSR count). The van der Waals surface area contributed by atoms with Crippen molar-refractivity contribution in [3.63, 3.8) is 0 Å². The summed E-state index contributed by atoms with van der Waals surface area (Å²) < 4.78 is 1.95. The van der Waals surface area contributed by atoms with Crippen molar-refractivity contribution in [2.45, 2.75) is 6.92 Å². The Morgan fingerprint density at radius 2 is 2.50 bits per heavy atom. The van der Waals surface area contributed by atoms with Crippen molar-refractivity contribution in [3.8, 4) is 0 Å². The molecule has 2 aromatic rings. The lowest BCUT2D eigenvalue weighted by Crippen LogP contribution is -1.77. The number of hydrogen-bond donors (Lipinski definition) is 0. The van der Waals surface area contributed by atoms with Gasteiger partial charge in [-0.3, -0.25) is 0 Å². The zero-order chi connectivity index (χ0) is 6.97. The van der Waals surface area contributed by atoms with E-state index in [-0.39, 0.29) is 0 Å². The molecule has 0 spiro atoms. The highest BCUT2D eigenvalue weighted by atomic mass is 15.0. The molecule has 0 atom stereocenters. The predicted molar refractivity (Wildman–Crippen MR) is 38.8 cm³/mol. The number of rotatable bonds is 0. The van der Waals surface area contributed by atoms with Gasteiger partial charge in [0, 0.05) is 12.4 Å². The third-order valence-electron chi connectivity index (χ3n) is 1.42. The van der Waals surface area contributed by atoms with Gasteiger partial charge in [-0.1, -0.05) is 0 Å². The first-order chi connectivity index (χ1) is 4.86. The molecule has 0 amide bonds. The van der Waals surface area contributed by atoms with Crippen molar-refractivity contribution in [1.29, 1.82) is 0 Å². The number of nitrogens with zero attached hydrogens (tertiary/aromatic N) is 2. The summed E-state index contributed by atoms with van der Waals surface area (Å²) >= 11 is 0. The summed E-state index contributed by atoms with van der Waals surface area (Å²) in [4.78, 5) is 4.26. The van der Waals surface area contributed by atoms with Crippen molar-refractivity contribution in [2.75, 3.05) is 0 Å². The van der Waals surface area contributed by atoms with E-state index in [0.717, 1.165) is 11.3 Å². The van der Waals surface area contributed by atoms with E-state index in [9.17, 15) is 0 Å². The quantitative estimate of drug-likeness (QED) is 0.529. The standard InChI is InChI=1S/C8H7N2/c1-7-6-10-5-3-2-4-8(10)9-7/h2,4-6H,1H3. The van der Waals surface area contributed by atoms with Gasteiger partial charge in [-0.25, -0.2) is 4.98 Å². The van der Waals surface area contributed by atoms with E-state index in [2.05, 4.69) is 11.1 Å². The van der Waals surface area contributed by atoms with E-state index in [1.807, 2.05) is 35.9 Å². The van der Waals surface area contributed by atoms with Gasteiger partial charge in [0.25, 0.3) is 0 Å². The molecule has 0 saturated heterocycles. The van der Waals surface area contributed by atoms with Crippen LogP contribution in [0.5, 0.6) is 0 Å². The summed E-state index contributed by atoms with van der Waals surface area (Å²) in [7, 11) is 0. The minimum atomic E-state index is 0.983. The van der Waals surface area contributed by atoms with Crippen LogP contribution in [0.3, 0.4) is 0 Å². The van der Waals surface area contributed by atoms with Crippen LogP contribution >= 0.6 is 0 Å². The maximum atomic E-state index is 4.26. The van der Waals surface area contributed by atoms with Gasteiger partial charge in [-0.15, -0.1) is 0 Å². The molecule has 0 aliphatic heterocycles. The van der Waals surface area contributed by atoms with Gasteiger partial charge in [0.2, 0.25) is 0 Å². The number of hydrogen-bond acceptors (Lipinski definition) is 1. The van der Waals surface area contributed by atoms with Crippen LogP contribution in [0.4, 0.5) is 0 Å². The third-order valence-corrected chi connectivity index (χ3v) is 1.42. The minimum absolute atomic E-state index is 0.983. The Morgan fingerprint density at radius 1 is 1.60 bits per heavy atom. The molecule has 0 fully saturated rings. The normalized spacial score (nSPS) is 10.5. The molecular formula is C8H7N2. The first kappa shape index (κ1) is 5.47. The molecule has 10 heavy (non-hydrogen) atoms. The fourth-order valence-electron chi connectivity index (χ4n) is 1.01. The number of pyridine rings is 1. The Bertz CT molecular complexity index is 316. The van der Waals surface area contributed by atoms with Gasteiger partial charge < -0.3 is 4.40 Å². The molecule has 1 radical (unpaired) electrons. The molecule has 0 unspecified atom stereocenters. The van der Waals surface area contributed by atoms with Gasteiger partial charge in [0.15, 0.2) is 0 Å². The molecule has 49 valence electrons. The topological polar surface area (TPSA) is 17.3 Å². The monoisotopic (exact) mass is 131 g/mol. The Labute approximate surface area is 59.1 Å². The van der Waals surface area contributed by atoms with Crippen LogP contribution in [0.25, 0.3) is 5.65 Å². The summed E-state index contributed by atoms with van der Waals surface area (Å²) in [5, 5.41) is 0. The van der Waals surface area contributed by atoms with Gasteiger partial charge >= 0.3 is 0 Å². The van der Waals surface area contributed by atoms with Crippen molar-refractivity contribution < 1.29 is 0 Å². The van der Waals surface area contributed by atoms with Gasteiger partial charge in [-0.2, -0.15) is 0 Å². The lowest BCUT2D eigenvalue weighted by Gasteiger charge is -1.86. The molecule has 0 aliphatic rings. The van der Waals surface area contributed by atoms with E-state index in [4.69, 9.17) is 0 Å². The van der Waals surface area contributed by atoms with Crippen LogP contribution in [0.2, 0.25) is 0 Å². The number of aryl methyl sites for hydroxylation is 1. The molecule has 2 heterocycles. The van der Waals surface area contributed by atoms with E-state index in [1.54, 1.807) is 0 Å². The zero-order valence-electron chi connectivity index (χ0n) is 5.70. The molecule has 2 heteroatoms. The maximum Gasteiger partial charge on any atom is 0.136 e. The molecule has 0 aliphatic carbocycles. The molecule has 2 aromatic heterocycles. The second-order valence-electron chi connectivity index (χ2n) is 2.28. The Hall–Kier alpha value is -1.31. The first-order valence-electron chi connectivity index (χ1n) is 3.18. The fourth-order valence-corrected chi connectivity index (χ4v) is 1.01. The molecule has 0 aromatic carbocycles. The Kier molecular flexibility index (Phi) is 1.01. The van der Waals surface area contributed by atoms with Crippen LogP contribution in [0.15, 0.2) is 24.5 Å². The maximum absolute atomic E-state index is 4.26. The van der Waals surface area contributed by atoms with E-state index in [1.165, 1.54) is 0 Å². The minimum Gasteiger partial charge on any atom is -0.306 e. The van der Waals surface area contributed by atoms with E-state index < -0.39 is 0 Å². The van der Waals surface area contributed by atoms with Crippen LogP contribution in [-0.4, -0.2) is 9.38 Å². The van der Waals surface area contributed by atoms with Gasteiger partial charge in [-0.05, 0) is 25.1 Å². The molecule has 2 nitrogen and oxygen atoms in total. The lowest BCUT2D eigenvalue weighted by atomic mass is 10.5. The predicted octanol–water partition coefficient (Wildman–Crippen LogP) is 1.44. The molecule has 0 saturated carbocycles. The molecular weight excluding hydrogens is 124 g/mol. The van der Waals surface area contributed by atoms with Gasteiger partial charge in [0.05, 0.1) is 5.69 Å². The molecule has 0 N–H and O–H groups in total. The van der Waals surface area contributed by atoms with Crippen LogP contribution < -0.4 is 0 Å². The second kappa shape index (κ2) is 1.84. The van der Waals surface area contributed by atoms with Crippen LogP contribution in [0.1, 0.15) is 5.69 Å². The highest BCUT2D eigenvalue weighted by molar-refractivity contribution is 5.38. The van der Waals surface area contributed by atoms with Crippen LogP contribution in [0, 0.1) is 13.0 Å². The fraction of sp³-hybridized carbons (Fsp3) is 0.125. The first-order valence-corrected chi connectivity index (χ1v) is 3.18. The van der Waals surface area contributed by atoms with E-state index >= 15 is 0 Å². The average Bonchev–Trinajstić information content (AvgIpc) is 2.27. The van der Waals surface area contributed by atoms with Crippen molar-refractivity contribution in [3.05, 3.63) is 36.3 Å². The largest absolute Gasteiger partial charge is 0.306 e. The summed E-state index contributed by atoms with van der Waals surface area (Å²) in [5.74, 6) is 0. The highest BCUT2D eigenvalue weighted by Crippen LogP contribution is 2.01. The summed E-state index contributed by atoms with van der Waals surface area (Å²) in [5.41, 5.74) is 2.02. The van der Waals surface area contributed by atoms with E-state index in [0.29, 0.717) is 0 Å². The van der Waals surface area contributed by atoms with Crippen molar-refractivity contribution in [1.82, 2.24) is 9.38 Å². The highest BCUT2D eigenvalue weighted by Gasteiger charge is 1.92. The number of fused-ring (bicyclic) bond motifs is 1. The van der Waals surface area contributed by atoms with Crippen molar-refractivity contribution in [2.24, 2.45) is 0 Å². The third kappa shape index (κ3) is 0.692. The van der Waals surface area contributed by atoms with Crippen molar-refractivity contribution >= 4 is 5.65 Å². The Balaban J connectivity index is 2.88.